The highest BCUT2D eigenvalue weighted by Gasteiger charge is 1.96. The van der Waals surface area contributed by atoms with Crippen molar-refractivity contribution in [2.75, 3.05) is 0 Å². The minimum Gasteiger partial charge on any atom is -0.342 e. The number of nitrogens with one attached hydrogen (secondary N) is 1. The third kappa shape index (κ3) is 4.22. The smallest absolute Gasteiger partial charge is 0.194 e. The predicted octanol–water partition coefficient (Wildman–Crippen LogP) is 2.61. The molecular formula is C12H14N2O. The number of aromatic nitrogens is 2. The lowest BCUT2D eigenvalue weighted by molar-refractivity contribution is 0.100. The summed E-state index contributed by atoms with van der Waals surface area (Å²) in [5, 5.41) is 0. The summed E-state index contributed by atoms with van der Waals surface area (Å²) in [4.78, 5) is 16.8. The number of benzene rings is 1. The van der Waals surface area contributed by atoms with E-state index in [2.05, 4.69) is 29.0 Å². The summed E-state index contributed by atoms with van der Waals surface area (Å²) in [6, 6.07) is 10.3. The van der Waals surface area contributed by atoms with E-state index in [0.29, 0.717) is 5.82 Å². The molecule has 0 saturated carbocycles. The van der Waals surface area contributed by atoms with Crippen molar-refractivity contribution in [1.29, 1.82) is 0 Å². The van der Waals surface area contributed by atoms with Crippen molar-refractivity contribution in [2.45, 2.75) is 13.8 Å². The van der Waals surface area contributed by atoms with Gasteiger partial charge in [0.1, 0.15) is 0 Å². The molecule has 15 heavy (non-hydrogen) atoms. The van der Waals surface area contributed by atoms with E-state index < -0.39 is 0 Å². The van der Waals surface area contributed by atoms with Gasteiger partial charge in [0.05, 0.1) is 0 Å². The van der Waals surface area contributed by atoms with Crippen LogP contribution in [0.5, 0.6) is 0 Å². The predicted molar refractivity (Wildman–Crippen MR) is 59.8 cm³/mol. The van der Waals surface area contributed by atoms with Crippen LogP contribution in [0.15, 0.2) is 42.7 Å². The zero-order chi connectivity index (χ0) is 11.1. The fraction of sp³-hybridized carbons (Fsp3) is 0.167. The van der Waals surface area contributed by atoms with Gasteiger partial charge in [0.2, 0.25) is 0 Å². The summed E-state index contributed by atoms with van der Waals surface area (Å²) in [6.45, 7) is 3.55. The number of H-pyrrole nitrogens is 1. The minimum absolute atomic E-state index is 0.0324. The minimum atomic E-state index is -0.0324. The Morgan fingerprint density at radius 2 is 1.93 bits per heavy atom. The number of imidazole rings is 1. The maximum atomic E-state index is 10.4. The van der Waals surface area contributed by atoms with Gasteiger partial charge in [0.15, 0.2) is 11.6 Å². The van der Waals surface area contributed by atoms with E-state index in [1.807, 2.05) is 18.2 Å². The molecule has 1 aromatic heterocycles. The van der Waals surface area contributed by atoms with Crippen molar-refractivity contribution in [3.63, 3.8) is 0 Å². The summed E-state index contributed by atoms with van der Waals surface area (Å²) in [6.07, 6.45) is 3.17. The van der Waals surface area contributed by atoms with Gasteiger partial charge in [0.25, 0.3) is 0 Å². The van der Waals surface area contributed by atoms with Crippen molar-refractivity contribution >= 4 is 5.78 Å². The van der Waals surface area contributed by atoms with Crippen LogP contribution in [0.1, 0.15) is 23.1 Å². The number of aromatic amines is 1. The van der Waals surface area contributed by atoms with Crippen LogP contribution in [-0.4, -0.2) is 15.8 Å². The van der Waals surface area contributed by atoms with Crippen LogP contribution in [0.4, 0.5) is 0 Å². The van der Waals surface area contributed by atoms with Gasteiger partial charge in [-0.15, -0.1) is 0 Å². The lowest BCUT2D eigenvalue weighted by atomic mass is 10.2. The van der Waals surface area contributed by atoms with Crippen molar-refractivity contribution in [1.82, 2.24) is 9.97 Å². The first kappa shape index (κ1) is 11.2. The molecule has 0 atom stereocenters. The Balaban J connectivity index is 0.000000151. The van der Waals surface area contributed by atoms with Gasteiger partial charge in [-0.05, 0) is 6.92 Å². The summed E-state index contributed by atoms with van der Waals surface area (Å²) in [5.41, 5.74) is 1.32. The molecule has 0 radical (unpaired) electrons. The summed E-state index contributed by atoms with van der Waals surface area (Å²) < 4.78 is 0. The van der Waals surface area contributed by atoms with Crippen LogP contribution in [0.25, 0.3) is 0 Å². The van der Waals surface area contributed by atoms with E-state index in [1.54, 1.807) is 12.4 Å². The van der Waals surface area contributed by atoms with Gasteiger partial charge >= 0.3 is 0 Å². The van der Waals surface area contributed by atoms with Crippen LogP contribution in [-0.2, 0) is 0 Å². The Hall–Kier alpha value is -1.90. The van der Waals surface area contributed by atoms with E-state index in [-0.39, 0.29) is 5.78 Å². The number of ketones is 1. The van der Waals surface area contributed by atoms with Crippen LogP contribution in [0.2, 0.25) is 0 Å². The summed E-state index contributed by atoms with van der Waals surface area (Å²) >= 11 is 0. The first-order valence-electron chi connectivity index (χ1n) is 4.72. The second-order valence-electron chi connectivity index (χ2n) is 3.15. The third-order valence-electron chi connectivity index (χ3n) is 1.77. The number of carbonyl (C=O) groups is 1. The molecule has 0 spiro atoms. The molecule has 0 aliphatic heterocycles. The molecule has 0 aliphatic rings. The standard InChI is InChI=1S/C7H8.C5H6N2O/c1-7-5-3-2-4-6-7;1-4(8)5-6-2-3-7-5/h2-6H,1H3;2-3H,1H3,(H,6,7). The van der Waals surface area contributed by atoms with Gasteiger partial charge in [-0.3, -0.25) is 4.79 Å². The van der Waals surface area contributed by atoms with Crippen molar-refractivity contribution in [3.05, 3.63) is 54.1 Å². The first-order chi connectivity index (χ1) is 7.20. The molecule has 2 rings (SSSR count). The summed E-state index contributed by atoms with van der Waals surface area (Å²) in [5.74, 6) is 0.389. The van der Waals surface area contributed by atoms with E-state index in [9.17, 15) is 4.79 Å². The van der Waals surface area contributed by atoms with E-state index in [4.69, 9.17) is 0 Å². The molecule has 3 nitrogen and oxygen atoms in total. The molecule has 0 saturated heterocycles. The number of aryl methyl sites for hydroxylation is 1. The number of hydrogen-bond acceptors (Lipinski definition) is 2. The van der Waals surface area contributed by atoms with Gasteiger partial charge in [-0.25, -0.2) is 4.98 Å². The molecule has 2 aromatic rings. The Morgan fingerprint density at radius 1 is 1.27 bits per heavy atom. The summed E-state index contributed by atoms with van der Waals surface area (Å²) in [7, 11) is 0. The number of carbonyl (C=O) groups excluding carboxylic acids is 1. The maximum absolute atomic E-state index is 10.4. The molecule has 0 aliphatic carbocycles. The van der Waals surface area contributed by atoms with E-state index >= 15 is 0 Å². The van der Waals surface area contributed by atoms with Crippen LogP contribution >= 0.6 is 0 Å². The number of Topliss-reactive ketones (excluding diaryl/α,β-unsaturated/α-hetero) is 1. The highest BCUT2D eigenvalue weighted by Crippen LogP contribution is 1.92. The van der Waals surface area contributed by atoms with Gasteiger partial charge in [-0.2, -0.15) is 0 Å². The Kier molecular flexibility index (Phi) is 4.29. The average Bonchev–Trinajstić information content (AvgIpc) is 2.72. The number of rotatable bonds is 1. The number of nitrogens with zero attached hydrogens (tertiary/aromatic N) is 1. The van der Waals surface area contributed by atoms with Gasteiger partial charge in [-0.1, -0.05) is 35.9 Å². The average molecular weight is 202 g/mol. The zero-order valence-electron chi connectivity index (χ0n) is 8.90. The molecule has 0 unspecified atom stereocenters. The highest BCUT2D eigenvalue weighted by molar-refractivity contribution is 5.90. The Morgan fingerprint density at radius 3 is 2.20 bits per heavy atom. The molecule has 3 heteroatoms. The second kappa shape index (κ2) is 5.75. The van der Waals surface area contributed by atoms with Gasteiger partial charge < -0.3 is 4.98 Å². The molecule has 0 bridgehead atoms. The fourth-order valence-corrected chi connectivity index (χ4v) is 0.992. The van der Waals surface area contributed by atoms with Crippen molar-refractivity contribution in [3.8, 4) is 0 Å². The van der Waals surface area contributed by atoms with Crippen LogP contribution in [0.3, 0.4) is 0 Å². The molecule has 0 amide bonds. The molecule has 0 fully saturated rings. The van der Waals surface area contributed by atoms with Crippen LogP contribution < -0.4 is 0 Å². The zero-order valence-corrected chi connectivity index (χ0v) is 8.90. The quantitative estimate of drug-likeness (QED) is 0.722. The SMILES string of the molecule is CC(=O)c1ncc[nH]1.Cc1ccccc1. The maximum Gasteiger partial charge on any atom is 0.194 e. The molecule has 1 aromatic carbocycles. The third-order valence-corrected chi connectivity index (χ3v) is 1.77. The molecular weight excluding hydrogens is 188 g/mol. The second-order valence-corrected chi connectivity index (χ2v) is 3.15. The lowest BCUT2D eigenvalue weighted by Gasteiger charge is -1.82. The molecule has 78 valence electrons. The van der Waals surface area contributed by atoms with Gasteiger partial charge in [0, 0.05) is 19.3 Å². The molecule has 1 N–H and O–H groups in total. The fourth-order valence-electron chi connectivity index (χ4n) is 0.992. The first-order valence-corrected chi connectivity index (χ1v) is 4.72. The van der Waals surface area contributed by atoms with Crippen molar-refractivity contribution in [2.24, 2.45) is 0 Å². The normalized spacial score (nSPS) is 8.93. The van der Waals surface area contributed by atoms with Crippen LogP contribution in [0, 0.1) is 6.92 Å². The van der Waals surface area contributed by atoms with E-state index in [1.165, 1.54) is 12.5 Å². The monoisotopic (exact) mass is 202 g/mol. The van der Waals surface area contributed by atoms with E-state index in [0.717, 1.165) is 0 Å². The molecule has 1 heterocycles. The largest absolute Gasteiger partial charge is 0.342 e. The number of hydrogen-bond donors (Lipinski definition) is 1. The lowest BCUT2D eigenvalue weighted by Crippen LogP contribution is -1.92. The Labute approximate surface area is 89.2 Å². The van der Waals surface area contributed by atoms with Crippen molar-refractivity contribution < 1.29 is 4.79 Å². The topological polar surface area (TPSA) is 45.8 Å². The highest BCUT2D eigenvalue weighted by atomic mass is 16.1. The Bertz CT molecular complexity index is 393.